The van der Waals surface area contributed by atoms with E-state index in [2.05, 4.69) is 56.1 Å². The lowest BCUT2D eigenvalue weighted by molar-refractivity contribution is 0.187. The van der Waals surface area contributed by atoms with Gasteiger partial charge in [-0.25, -0.2) is 0 Å². The summed E-state index contributed by atoms with van der Waals surface area (Å²) in [5.41, 5.74) is 13.6. The Hall–Kier alpha value is -4.04. The summed E-state index contributed by atoms with van der Waals surface area (Å²) < 4.78 is 1.97. The van der Waals surface area contributed by atoms with Gasteiger partial charge in [-0.15, -0.1) is 10.2 Å². The fourth-order valence-corrected chi connectivity index (χ4v) is 6.01. The normalized spacial score (nSPS) is 19.0. The molecule has 0 amide bonds. The monoisotopic (exact) mass is 462 g/mol. The van der Waals surface area contributed by atoms with E-state index in [9.17, 15) is 0 Å². The molecule has 1 atom stereocenters. The first-order chi connectivity index (χ1) is 17.1. The minimum Gasteiger partial charge on any atom is -0.342 e. The first-order valence-electron chi connectivity index (χ1n) is 12.1. The third kappa shape index (κ3) is 2.96. The van der Waals surface area contributed by atoms with Crippen molar-refractivity contribution < 1.29 is 0 Å². The van der Waals surface area contributed by atoms with E-state index in [1.165, 1.54) is 11.1 Å². The number of aromatic nitrogens is 6. The predicted octanol–water partition coefficient (Wildman–Crippen LogP) is 3.90. The topological polar surface area (TPSA) is 101 Å². The van der Waals surface area contributed by atoms with E-state index < -0.39 is 0 Å². The summed E-state index contributed by atoms with van der Waals surface area (Å²) in [7, 11) is 0. The molecule has 4 heterocycles. The molecule has 0 saturated carbocycles. The van der Waals surface area contributed by atoms with Gasteiger partial charge in [-0.3, -0.25) is 9.50 Å². The third-order valence-corrected chi connectivity index (χ3v) is 7.99. The largest absolute Gasteiger partial charge is 0.342 e. The lowest BCUT2D eigenvalue weighted by Gasteiger charge is -2.42. The summed E-state index contributed by atoms with van der Waals surface area (Å²) in [6.07, 6.45) is 4.83. The average molecular weight is 463 g/mol. The number of nitrogens with two attached hydrogens (primary N) is 1. The Labute approximate surface area is 202 Å². The Morgan fingerprint density at radius 3 is 2.63 bits per heavy atom. The van der Waals surface area contributed by atoms with E-state index in [0.717, 1.165) is 66.2 Å². The zero-order valence-corrected chi connectivity index (χ0v) is 19.4. The zero-order chi connectivity index (χ0) is 23.6. The van der Waals surface area contributed by atoms with Gasteiger partial charge in [-0.05, 0) is 41.4 Å². The molecule has 0 unspecified atom stereocenters. The highest BCUT2D eigenvalue weighted by Crippen LogP contribution is 2.51. The third-order valence-electron chi connectivity index (χ3n) is 7.99. The highest BCUT2D eigenvalue weighted by Gasteiger charge is 2.46. The molecule has 1 fully saturated rings. The van der Waals surface area contributed by atoms with Gasteiger partial charge in [0.05, 0.1) is 5.39 Å². The minimum absolute atomic E-state index is 0.0883. The van der Waals surface area contributed by atoms with Gasteiger partial charge in [0.25, 0.3) is 0 Å². The molecule has 0 radical (unpaired) electrons. The molecule has 3 aromatic heterocycles. The van der Waals surface area contributed by atoms with Gasteiger partial charge in [0.2, 0.25) is 5.95 Å². The average Bonchev–Trinajstić information content (AvgIpc) is 3.61. The van der Waals surface area contributed by atoms with Crippen molar-refractivity contribution in [3.05, 3.63) is 89.9 Å². The van der Waals surface area contributed by atoms with Crippen molar-refractivity contribution in [2.45, 2.75) is 25.3 Å². The Kier molecular flexibility index (Phi) is 4.35. The summed E-state index contributed by atoms with van der Waals surface area (Å²) in [5, 5.41) is 17.2. The Morgan fingerprint density at radius 2 is 1.83 bits per heavy atom. The number of hydrogen-bond acceptors (Lipinski definition) is 6. The number of nitrogens with zero attached hydrogens (tertiary/aromatic N) is 6. The number of rotatable bonds is 3. The van der Waals surface area contributed by atoms with Crippen molar-refractivity contribution in [3.63, 3.8) is 0 Å². The van der Waals surface area contributed by atoms with Crippen molar-refractivity contribution in [3.8, 4) is 0 Å². The molecule has 1 aliphatic carbocycles. The molecule has 3 N–H and O–H groups in total. The molecular formula is C27H26N8. The first kappa shape index (κ1) is 20.3. The van der Waals surface area contributed by atoms with E-state index in [1.54, 1.807) is 6.33 Å². The molecule has 174 valence electrons. The highest BCUT2D eigenvalue weighted by molar-refractivity contribution is 6.00. The van der Waals surface area contributed by atoms with E-state index in [4.69, 9.17) is 10.7 Å². The summed E-state index contributed by atoms with van der Waals surface area (Å²) in [4.78, 5) is 7.31. The number of benzene rings is 2. The SMILES string of the molecule is C=C(c1ccccc1)c1n[nH]c2nc(N3CCC4(CC3)Cc3ccccc3[C@H]4N)n3cnnc3c12. The van der Waals surface area contributed by atoms with E-state index in [-0.39, 0.29) is 11.5 Å². The van der Waals surface area contributed by atoms with Crippen LogP contribution in [0.2, 0.25) is 0 Å². The van der Waals surface area contributed by atoms with Gasteiger partial charge in [0, 0.05) is 24.7 Å². The fourth-order valence-electron chi connectivity index (χ4n) is 6.01. The van der Waals surface area contributed by atoms with Crippen LogP contribution in [0.15, 0.2) is 67.5 Å². The summed E-state index contributed by atoms with van der Waals surface area (Å²) in [5.74, 6) is 0.831. The van der Waals surface area contributed by atoms with Crippen LogP contribution in [0, 0.1) is 5.41 Å². The number of piperidine rings is 1. The molecule has 1 saturated heterocycles. The number of hydrogen-bond donors (Lipinski definition) is 2. The molecular weight excluding hydrogens is 436 g/mol. The van der Waals surface area contributed by atoms with Gasteiger partial charge in [-0.1, -0.05) is 61.2 Å². The predicted molar refractivity (Wildman–Crippen MR) is 136 cm³/mol. The van der Waals surface area contributed by atoms with Gasteiger partial charge in [-0.2, -0.15) is 10.1 Å². The van der Waals surface area contributed by atoms with Crippen molar-refractivity contribution in [1.82, 2.24) is 29.8 Å². The quantitative estimate of drug-likeness (QED) is 0.422. The summed E-state index contributed by atoms with van der Waals surface area (Å²) in [6, 6.07) is 18.8. The van der Waals surface area contributed by atoms with Gasteiger partial charge in [0.1, 0.15) is 12.0 Å². The van der Waals surface area contributed by atoms with Gasteiger partial charge < -0.3 is 10.6 Å². The fraction of sp³-hybridized carbons (Fsp3) is 0.259. The smallest absolute Gasteiger partial charge is 0.214 e. The number of nitrogens with one attached hydrogen (secondary N) is 1. The molecule has 8 heteroatoms. The molecule has 8 nitrogen and oxygen atoms in total. The lowest BCUT2D eigenvalue weighted by Crippen LogP contribution is -2.45. The molecule has 1 aliphatic heterocycles. The second kappa shape index (κ2) is 7.48. The molecule has 1 spiro atoms. The van der Waals surface area contributed by atoms with Crippen LogP contribution in [-0.2, 0) is 6.42 Å². The first-order valence-corrected chi connectivity index (χ1v) is 12.1. The van der Waals surface area contributed by atoms with Gasteiger partial charge >= 0.3 is 0 Å². The lowest BCUT2D eigenvalue weighted by atomic mass is 9.73. The van der Waals surface area contributed by atoms with Crippen LogP contribution >= 0.6 is 0 Å². The number of anilines is 1. The standard InChI is InChI=1S/C27H26N8/c1-17(18-7-3-2-4-8-18)22-21-24(32-31-22)30-26(35-16-29-33-25(21)35)34-13-11-27(12-14-34)15-19-9-5-6-10-20(19)23(27)28/h2-10,16,23H,1,11-15,28H2,(H,31,32)/t23-/m1/s1. The minimum atomic E-state index is 0.0883. The van der Waals surface area contributed by atoms with Crippen molar-refractivity contribution in [2.24, 2.45) is 11.1 Å². The molecule has 35 heavy (non-hydrogen) atoms. The maximum Gasteiger partial charge on any atom is 0.214 e. The van der Waals surface area contributed by atoms with E-state index in [0.29, 0.717) is 5.65 Å². The van der Waals surface area contributed by atoms with Crippen LogP contribution in [0.25, 0.3) is 22.3 Å². The van der Waals surface area contributed by atoms with Crippen LogP contribution in [0.4, 0.5) is 5.95 Å². The van der Waals surface area contributed by atoms with Crippen molar-refractivity contribution in [2.75, 3.05) is 18.0 Å². The maximum atomic E-state index is 6.79. The Balaban J connectivity index is 1.23. The Bertz CT molecular complexity index is 1570. The maximum absolute atomic E-state index is 6.79. The number of aromatic amines is 1. The second-order valence-electron chi connectivity index (χ2n) is 9.78. The van der Waals surface area contributed by atoms with Crippen molar-refractivity contribution in [1.29, 1.82) is 0 Å². The Morgan fingerprint density at radius 1 is 1.06 bits per heavy atom. The zero-order valence-electron chi connectivity index (χ0n) is 19.4. The molecule has 2 aliphatic rings. The molecule has 7 rings (SSSR count). The van der Waals surface area contributed by atoms with Crippen LogP contribution < -0.4 is 10.6 Å². The van der Waals surface area contributed by atoms with Crippen LogP contribution in [0.5, 0.6) is 0 Å². The van der Waals surface area contributed by atoms with E-state index in [1.807, 2.05) is 34.7 Å². The summed E-state index contributed by atoms with van der Waals surface area (Å²) in [6.45, 7) is 6.06. The van der Waals surface area contributed by atoms with Crippen molar-refractivity contribution >= 4 is 28.2 Å². The summed E-state index contributed by atoms with van der Waals surface area (Å²) >= 11 is 0. The van der Waals surface area contributed by atoms with E-state index >= 15 is 0 Å². The van der Waals surface area contributed by atoms with Gasteiger partial charge in [0.15, 0.2) is 11.3 Å². The number of fused-ring (bicyclic) bond motifs is 4. The molecule has 0 bridgehead atoms. The second-order valence-corrected chi connectivity index (χ2v) is 9.78. The number of H-pyrrole nitrogens is 1. The van der Waals surface area contributed by atoms with Crippen LogP contribution in [-0.4, -0.2) is 42.9 Å². The highest BCUT2D eigenvalue weighted by atomic mass is 15.4. The molecule has 2 aromatic carbocycles. The van der Waals surface area contributed by atoms with Crippen LogP contribution in [0.1, 0.15) is 41.3 Å². The molecule has 5 aromatic rings. The van der Waals surface area contributed by atoms with Crippen LogP contribution in [0.3, 0.4) is 0 Å².